The summed E-state index contributed by atoms with van der Waals surface area (Å²) >= 11 is 0. The quantitative estimate of drug-likeness (QED) is 0.166. The van der Waals surface area contributed by atoms with Crippen LogP contribution in [0.3, 0.4) is 0 Å². The topological polar surface area (TPSA) is 44.2 Å². The van der Waals surface area contributed by atoms with E-state index < -0.39 is 6.17 Å². The minimum Gasteiger partial charge on any atom is -0.491 e. The van der Waals surface area contributed by atoms with Crippen molar-refractivity contribution in [1.29, 1.82) is 0 Å². The average molecular weight is 487 g/mol. The van der Waals surface area contributed by atoms with E-state index in [1.807, 2.05) is 36.7 Å². The average Bonchev–Trinajstić information content (AvgIpc) is 2.89. The fourth-order valence-corrected chi connectivity index (χ4v) is 4.10. The van der Waals surface area contributed by atoms with Gasteiger partial charge < -0.3 is 9.47 Å². The first kappa shape index (κ1) is 29.2. The number of aromatic nitrogens is 2. The van der Waals surface area contributed by atoms with Gasteiger partial charge in [-0.25, -0.2) is 14.4 Å². The van der Waals surface area contributed by atoms with Crippen LogP contribution in [0.4, 0.5) is 4.39 Å². The van der Waals surface area contributed by atoms with Crippen LogP contribution < -0.4 is 4.74 Å². The van der Waals surface area contributed by atoms with Gasteiger partial charge in [-0.3, -0.25) is 0 Å². The van der Waals surface area contributed by atoms with E-state index in [1.54, 1.807) is 0 Å². The molecule has 1 aromatic heterocycles. The number of hydrogen-bond donors (Lipinski definition) is 0. The van der Waals surface area contributed by atoms with E-state index in [4.69, 9.17) is 9.47 Å². The van der Waals surface area contributed by atoms with Gasteiger partial charge >= 0.3 is 0 Å². The molecule has 1 heterocycles. The molecule has 196 valence electrons. The molecule has 0 amide bonds. The summed E-state index contributed by atoms with van der Waals surface area (Å²) in [6.45, 7) is 5.41. The lowest BCUT2D eigenvalue weighted by Gasteiger charge is -2.10. The van der Waals surface area contributed by atoms with Crippen LogP contribution in [0.15, 0.2) is 36.7 Å². The zero-order chi connectivity index (χ0) is 25.0. The monoisotopic (exact) mass is 486 g/mol. The van der Waals surface area contributed by atoms with Gasteiger partial charge in [-0.05, 0) is 49.1 Å². The van der Waals surface area contributed by atoms with Crippen molar-refractivity contribution in [2.45, 2.75) is 110 Å². The molecule has 4 nitrogen and oxygen atoms in total. The highest BCUT2D eigenvalue weighted by Gasteiger charge is 2.07. The fourth-order valence-electron chi connectivity index (χ4n) is 4.10. The summed E-state index contributed by atoms with van der Waals surface area (Å²) in [5, 5.41) is 0. The molecule has 0 N–H and O–H groups in total. The SMILES string of the molecule is CCCCCCCCc1cnc(-c2ccc(OCCOCC(F)CCCCCCCC)cc2)nc1. The number of unbranched alkanes of at least 4 members (excludes halogenated alkanes) is 10. The predicted octanol–water partition coefficient (Wildman–Crippen LogP) is 8.53. The van der Waals surface area contributed by atoms with Gasteiger partial charge in [0.1, 0.15) is 18.5 Å². The van der Waals surface area contributed by atoms with Crippen molar-refractivity contribution in [3.05, 3.63) is 42.2 Å². The minimum absolute atomic E-state index is 0.156. The zero-order valence-corrected chi connectivity index (χ0v) is 22.2. The Labute approximate surface area is 213 Å². The summed E-state index contributed by atoms with van der Waals surface area (Å²) in [5.74, 6) is 1.49. The number of rotatable bonds is 21. The normalized spacial score (nSPS) is 12.1. The van der Waals surface area contributed by atoms with Crippen molar-refractivity contribution in [1.82, 2.24) is 9.97 Å². The Hall–Kier alpha value is -2.01. The van der Waals surface area contributed by atoms with Crippen LogP contribution >= 0.6 is 0 Å². The Morgan fingerprint density at radius 1 is 0.743 bits per heavy atom. The molecule has 0 aliphatic heterocycles. The first-order valence-corrected chi connectivity index (χ1v) is 14.0. The molecule has 0 saturated heterocycles. The van der Waals surface area contributed by atoms with Gasteiger partial charge in [-0.1, -0.05) is 84.5 Å². The maximum Gasteiger partial charge on any atom is 0.159 e. The summed E-state index contributed by atoms with van der Waals surface area (Å²) in [5.41, 5.74) is 2.17. The Bertz CT molecular complexity index is 752. The third-order valence-electron chi connectivity index (χ3n) is 6.30. The maximum atomic E-state index is 13.9. The first-order valence-electron chi connectivity index (χ1n) is 14.0. The third kappa shape index (κ3) is 13.6. The molecule has 0 saturated carbocycles. The highest BCUT2D eigenvalue weighted by molar-refractivity contribution is 5.55. The largest absolute Gasteiger partial charge is 0.491 e. The number of ether oxygens (including phenoxy) is 2. The number of halogens is 1. The molecule has 0 bridgehead atoms. The summed E-state index contributed by atoms with van der Waals surface area (Å²) in [4.78, 5) is 9.08. The van der Waals surface area contributed by atoms with E-state index in [0.717, 1.165) is 36.4 Å². The second kappa shape index (κ2) is 19.2. The van der Waals surface area contributed by atoms with Gasteiger partial charge in [0.15, 0.2) is 5.82 Å². The highest BCUT2D eigenvalue weighted by Crippen LogP contribution is 2.20. The van der Waals surface area contributed by atoms with Crippen molar-refractivity contribution in [3.63, 3.8) is 0 Å². The lowest BCUT2D eigenvalue weighted by atomic mass is 10.1. The van der Waals surface area contributed by atoms with Crippen LogP contribution in [-0.4, -0.2) is 36.0 Å². The third-order valence-corrected chi connectivity index (χ3v) is 6.30. The summed E-state index contributed by atoms with van der Waals surface area (Å²) < 4.78 is 25.1. The molecule has 0 spiro atoms. The molecular formula is C30H47FN2O2. The van der Waals surface area contributed by atoms with E-state index in [-0.39, 0.29) is 6.61 Å². The first-order chi connectivity index (χ1) is 17.2. The Balaban J connectivity index is 1.57. The number of alkyl halides is 1. The molecule has 1 aromatic carbocycles. The standard InChI is InChI=1S/C30H47FN2O2/c1-3-5-7-9-11-13-15-26-23-32-30(33-24-26)27-17-19-29(20-18-27)35-22-21-34-25-28(31)16-14-12-10-8-6-4-2/h17-20,23-24,28H,3-16,21-22,25H2,1-2H3. The smallest absolute Gasteiger partial charge is 0.159 e. The summed E-state index contributed by atoms with van der Waals surface area (Å²) in [7, 11) is 0. The van der Waals surface area contributed by atoms with E-state index in [9.17, 15) is 4.39 Å². The van der Waals surface area contributed by atoms with Crippen LogP contribution in [-0.2, 0) is 11.2 Å². The molecule has 0 fully saturated rings. The molecule has 2 aromatic rings. The zero-order valence-electron chi connectivity index (χ0n) is 22.2. The van der Waals surface area contributed by atoms with Crippen LogP contribution in [0.25, 0.3) is 11.4 Å². The van der Waals surface area contributed by atoms with E-state index >= 15 is 0 Å². The second-order valence-corrected chi connectivity index (χ2v) is 9.53. The molecular weight excluding hydrogens is 439 g/mol. The van der Waals surface area contributed by atoms with Crippen LogP contribution in [0.1, 0.15) is 103 Å². The van der Waals surface area contributed by atoms with Crippen molar-refractivity contribution in [3.8, 4) is 17.1 Å². The number of hydrogen-bond acceptors (Lipinski definition) is 4. The molecule has 0 aliphatic carbocycles. The van der Waals surface area contributed by atoms with Gasteiger partial charge in [0, 0.05) is 18.0 Å². The number of aryl methyl sites for hydroxylation is 1. The highest BCUT2D eigenvalue weighted by atomic mass is 19.1. The Kier molecular flexibility index (Phi) is 16.0. The van der Waals surface area contributed by atoms with Gasteiger partial charge in [-0.15, -0.1) is 0 Å². The lowest BCUT2D eigenvalue weighted by molar-refractivity contribution is 0.0567. The Morgan fingerprint density at radius 3 is 2.00 bits per heavy atom. The Morgan fingerprint density at radius 2 is 1.34 bits per heavy atom. The van der Waals surface area contributed by atoms with Crippen LogP contribution in [0.5, 0.6) is 5.75 Å². The van der Waals surface area contributed by atoms with Gasteiger partial charge in [-0.2, -0.15) is 0 Å². The fraction of sp³-hybridized carbons (Fsp3) is 0.667. The predicted molar refractivity (Wildman–Crippen MR) is 144 cm³/mol. The summed E-state index contributed by atoms with van der Waals surface area (Å²) in [6, 6.07) is 7.77. The van der Waals surface area contributed by atoms with Gasteiger partial charge in [0.25, 0.3) is 0 Å². The molecule has 2 rings (SSSR count). The maximum absolute atomic E-state index is 13.9. The van der Waals surface area contributed by atoms with Crippen molar-refractivity contribution in [2.24, 2.45) is 0 Å². The van der Waals surface area contributed by atoms with Crippen molar-refractivity contribution >= 4 is 0 Å². The van der Waals surface area contributed by atoms with Crippen LogP contribution in [0.2, 0.25) is 0 Å². The van der Waals surface area contributed by atoms with Gasteiger partial charge in [0.2, 0.25) is 0 Å². The molecule has 1 unspecified atom stereocenters. The molecule has 1 atom stereocenters. The lowest BCUT2D eigenvalue weighted by Crippen LogP contribution is -2.14. The molecule has 35 heavy (non-hydrogen) atoms. The van der Waals surface area contributed by atoms with Crippen LogP contribution in [0, 0.1) is 0 Å². The molecule has 0 aliphatic rings. The summed E-state index contributed by atoms with van der Waals surface area (Å²) in [6.07, 6.45) is 19.5. The van der Waals surface area contributed by atoms with Gasteiger partial charge in [0.05, 0.1) is 13.2 Å². The second-order valence-electron chi connectivity index (χ2n) is 9.53. The minimum atomic E-state index is -0.877. The van der Waals surface area contributed by atoms with E-state index in [0.29, 0.717) is 19.6 Å². The van der Waals surface area contributed by atoms with E-state index in [1.165, 1.54) is 69.8 Å². The molecule has 5 heteroatoms. The number of benzene rings is 1. The van der Waals surface area contributed by atoms with E-state index in [2.05, 4.69) is 23.8 Å². The number of nitrogens with zero attached hydrogens (tertiary/aromatic N) is 2. The van der Waals surface area contributed by atoms with Crippen molar-refractivity contribution < 1.29 is 13.9 Å². The van der Waals surface area contributed by atoms with Crippen molar-refractivity contribution in [2.75, 3.05) is 19.8 Å². The molecule has 0 radical (unpaired) electrons.